The lowest BCUT2D eigenvalue weighted by Crippen LogP contribution is -2.49. The van der Waals surface area contributed by atoms with Gasteiger partial charge in [-0.25, -0.2) is 0 Å². The molecule has 0 saturated carbocycles. The van der Waals surface area contributed by atoms with Gasteiger partial charge in [0.15, 0.2) is 0 Å². The first-order valence-corrected chi connectivity index (χ1v) is 6.21. The summed E-state index contributed by atoms with van der Waals surface area (Å²) in [5.74, 6) is -0.0694. The van der Waals surface area contributed by atoms with Crippen molar-refractivity contribution < 1.29 is 4.79 Å². The second-order valence-electron chi connectivity index (χ2n) is 5.11. The number of alkyl halides is 1. The van der Waals surface area contributed by atoms with Gasteiger partial charge < -0.3 is 5.32 Å². The van der Waals surface area contributed by atoms with Gasteiger partial charge in [0.05, 0.1) is 10.9 Å². The normalized spacial score (nSPS) is 13.3. The van der Waals surface area contributed by atoms with Gasteiger partial charge in [0.25, 0.3) is 5.91 Å². The maximum absolute atomic E-state index is 12.1. The number of nitrogens with one attached hydrogen (secondary N) is 1. The van der Waals surface area contributed by atoms with Gasteiger partial charge in [0, 0.05) is 5.56 Å². The van der Waals surface area contributed by atoms with Crippen LogP contribution in [0.5, 0.6) is 0 Å². The molecule has 0 spiro atoms. The first-order chi connectivity index (χ1) is 7.74. The summed E-state index contributed by atoms with van der Waals surface area (Å²) in [7, 11) is 0. The Morgan fingerprint density at radius 3 is 2.41 bits per heavy atom. The molecule has 0 saturated heterocycles. The average molecular weight is 254 g/mol. The molecule has 1 unspecified atom stereocenters. The van der Waals surface area contributed by atoms with Crippen LogP contribution < -0.4 is 5.32 Å². The van der Waals surface area contributed by atoms with Crippen LogP contribution in [0.1, 0.15) is 42.3 Å². The van der Waals surface area contributed by atoms with Crippen molar-refractivity contribution in [2.75, 3.05) is 0 Å². The van der Waals surface area contributed by atoms with Crippen LogP contribution in [-0.2, 0) is 0 Å². The van der Waals surface area contributed by atoms with Crippen molar-refractivity contribution in [3.8, 4) is 0 Å². The van der Waals surface area contributed by atoms with Gasteiger partial charge in [0.1, 0.15) is 0 Å². The van der Waals surface area contributed by atoms with E-state index >= 15 is 0 Å². The highest BCUT2D eigenvalue weighted by molar-refractivity contribution is 6.21. The van der Waals surface area contributed by atoms with Gasteiger partial charge in [-0.3, -0.25) is 4.79 Å². The topological polar surface area (TPSA) is 29.1 Å². The van der Waals surface area contributed by atoms with E-state index < -0.39 is 5.54 Å². The molecule has 0 fully saturated rings. The van der Waals surface area contributed by atoms with Crippen LogP contribution in [0, 0.1) is 13.8 Å². The Kier molecular flexibility index (Phi) is 4.21. The minimum Gasteiger partial charge on any atom is -0.346 e. The van der Waals surface area contributed by atoms with Crippen molar-refractivity contribution in [3.63, 3.8) is 0 Å². The van der Waals surface area contributed by atoms with Crippen LogP contribution >= 0.6 is 11.6 Å². The molecule has 1 rings (SSSR count). The minimum absolute atomic E-state index is 0.0694. The highest BCUT2D eigenvalue weighted by Crippen LogP contribution is 2.17. The van der Waals surface area contributed by atoms with Crippen molar-refractivity contribution in [1.82, 2.24) is 5.32 Å². The van der Waals surface area contributed by atoms with Crippen LogP contribution in [0.25, 0.3) is 0 Å². The average Bonchev–Trinajstić information content (AvgIpc) is 2.15. The van der Waals surface area contributed by atoms with Crippen LogP contribution in [0.2, 0.25) is 0 Å². The number of benzene rings is 1. The highest BCUT2D eigenvalue weighted by Gasteiger charge is 2.26. The number of aryl methyl sites for hydroxylation is 2. The second kappa shape index (κ2) is 5.09. The molecule has 17 heavy (non-hydrogen) atoms. The smallest absolute Gasteiger partial charge is 0.252 e. The zero-order chi connectivity index (χ0) is 13.2. The zero-order valence-electron chi connectivity index (χ0n) is 11.1. The van der Waals surface area contributed by atoms with Crippen LogP contribution in [0.3, 0.4) is 0 Å². The van der Waals surface area contributed by atoms with Gasteiger partial charge >= 0.3 is 0 Å². The highest BCUT2D eigenvalue weighted by atomic mass is 35.5. The van der Waals surface area contributed by atoms with Crippen molar-refractivity contribution in [2.45, 2.75) is 45.5 Å². The summed E-state index contributed by atoms with van der Waals surface area (Å²) >= 11 is 6.05. The van der Waals surface area contributed by atoms with E-state index in [1.54, 1.807) is 0 Å². The molecular weight excluding hydrogens is 234 g/mol. The van der Waals surface area contributed by atoms with Gasteiger partial charge in [-0.15, -0.1) is 11.6 Å². The summed E-state index contributed by atoms with van der Waals surface area (Å²) in [6, 6.07) is 5.81. The van der Waals surface area contributed by atoms with Gasteiger partial charge in [-0.05, 0) is 46.2 Å². The SMILES string of the molecule is Cc1ccc(C(=O)NC(C)(C)C(C)Cl)c(C)c1. The molecule has 1 amide bonds. The number of carbonyl (C=O) groups is 1. The predicted molar refractivity (Wildman–Crippen MR) is 72.8 cm³/mol. The molecule has 0 aliphatic rings. The van der Waals surface area contributed by atoms with E-state index in [-0.39, 0.29) is 11.3 Å². The fraction of sp³-hybridized carbons (Fsp3) is 0.500. The Balaban J connectivity index is 2.91. The maximum Gasteiger partial charge on any atom is 0.252 e. The van der Waals surface area contributed by atoms with E-state index in [2.05, 4.69) is 5.32 Å². The Morgan fingerprint density at radius 1 is 1.35 bits per heavy atom. The monoisotopic (exact) mass is 253 g/mol. The third kappa shape index (κ3) is 3.47. The minimum atomic E-state index is -0.421. The molecule has 1 N–H and O–H groups in total. The van der Waals surface area contributed by atoms with E-state index in [4.69, 9.17) is 11.6 Å². The van der Waals surface area contributed by atoms with Gasteiger partial charge in [0.2, 0.25) is 0 Å². The van der Waals surface area contributed by atoms with E-state index in [0.717, 1.165) is 11.1 Å². The standard InChI is InChI=1S/C14H20ClNO/c1-9-6-7-12(10(2)8-9)13(17)16-14(4,5)11(3)15/h6-8,11H,1-5H3,(H,16,17). The van der Waals surface area contributed by atoms with Gasteiger partial charge in [-0.1, -0.05) is 17.7 Å². The zero-order valence-corrected chi connectivity index (χ0v) is 11.9. The molecule has 94 valence electrons. The van der Waals surface area contributed by atoms with Crippen molar-refractivity contribution in [1.29, 1.82) is 0 Å². The van der Waals surface area contributed by atoms with Gasteiger partial charge in [-0.2, -0.15) is 0 Å². The molecule has 3 heteroatoms. The molecule has 1 aromatic rings. The molecule has 1 aromatic carbocycles. The number of halogens is 1. The van der Waals surface area contributed by atoms with Crippen molar-refractivity contribution in [2.24, 2.45) is 0 Å². The third-order valence-corrected chi connectivity index (χ3v) is 3.60. The molecule has 0 radical (unpaired) electrons. The van der Waals surface area contributed by atoms with E-state index in [1.807, 2.05) is 52.8 Å². The lowest BCUT2D eigenvalue weighted by Gasteiger charge is -2.29. The van der Waals surface area contributed by atoms with E-state index in [9.17, 15) is 4.79 Å². The first-order valence-electron chi connectivity index (χ1n) is 5.78. The Bertz CT molecular complexity index is 424. The van der Waals surface area contributed by atoms with Crippen LogP contribution in [-0.4, -0.2) is 16.8 Å². The fourth-order valence-corrected chi connectivity index (χ4v) is 1.58. The number of rotatable bonds is 3. The Morgan fingerprint density at radius 2 is 1.94 bits per heavy atom. The predicted octanol–water partition coefficient (Wildman–Crippen LogP) is 3.44. The number of amides is 1. The van der Waals surface area contributed by atoms with Crippen LogP contribution in [0.15, 0.2) is 18.2 Å². The summed E-state index contributed by atoms with van der Waals surface area (Å²) in [6.07, 6.45) is 0. The summed E-state index contributed by atoms with van der Waals surface area (Å²) in [5, 5.41) is 2.83. The Hall–Kier alpha value is -1.02. The van der Waals surface area contributed by atoms with Crippen molar-refractivity contribution in [3.05, 3.63) is 34.9 Å². The van der Waals surface area contributed by atoms with E-state index in [0.29, 0.717) is 5.56 Å². The lowest BCUT2D eigenvalue weighted by atomic mass is 9.99. The summed E-state index contributed by atoms with van der Waals surface area (Å²) in [4.78, 5) is 12.1. The molecule has 0 aromatic heterocycles. The lowest BCUT2D eigenvalue weighted by molar-refractivity contribution is 0.0912. The molecule has 0 aliphatic heterocycles. The quantitative estimate of drug-likeness (QED) is 0.822. The van der Waals surface area contributed by atoms with E-state index in [1.165, 1.54) is 0 Å². The third-order valence-electron chi connectivity index (χ3n) is 3.06. The summed E-state index contributed by atoms with van der Waals surface area (Å²) in [6.45, 7) is 9.68. The summed E-state index contributed by atoms with van der Waals surface area (Å²) in [5.41, 5.74) is 2.43. The molecule has 0 aliphatic carbocycles. The number of hydrogen-bond donors (Lipinski definition) is 1. The molecular formula is C14H20ClNO. The molecule has 0 heterocycles. The second-order valence-corrected chi connectivity index (χ2v) is 5.76. The fourth-order valence-electron chi connectivity index (χ4n) is 1.53. The molecule has 2 nitrogen and oxygen atoms in total. The first kappa shape index (κ1) is 14.0. The molecule has 1 atom stereocenters. The molecule has 0 bridgehead atoms. The number of hydrogen-bond acceptors (Lipinski definition) is 1. The summed E-state index contributed by atoms with van der Waals surface area (Å²) < 4.78 is 0. The largest absolute Gasteiger partial charge is 0.346 e. The van der Waals surface area contributed by atoms with Crippen LogP contribution in [0.4, 0.5) is 0 Å². The van der Waals surface area contributed by atoms with Crippen molar-refractivity contribution >= 4 is 17.5 Å². The number of carbonyl (C=O) groups excluding carboxylic acids is 1. The Labute approximate surface area is 108 Å². The maximum atomic E-state index is 12.1.